The summed E-state index contributed by atoms with van der Waals surface area (Å²) in [6, 6.07) is 21.3. The molecule has 4 N–H and O–H groups in total. The number of nitrogens with one attached hydrogen (secondary N) is 2. The second-order valence-corrected chi connectivity index (χ2v) is 12.2. The predicted octanol–water partition coefficient (Wildman–Crippen LogP) is 5.82. The van der Waals surface area contributed by atoms with Gasteiger partial charge in [-0.2, -0.15) is 8.42 Å². The van der Waals surface area contributed by atoms with Gasteiger partial charge in [-0.1, -0.05) is 23.7 Å². The highest BCUT2D eigenvalue weighted by Gasteiger charge is 2.11. The van der Waals surface area contributed by atoms with Crippen molar-refractivity contribution >= 4 is 55.2 Å². The summed E-state index contributed by atoms with van der Waals surface area (Å²) in [4.78, 5) is 8.83. The van der Waals surface area contributed by atoms with E-state index in [4.69, 9.17) is 38.3 Å². The van der Waals surface area contributed by atoms with Crippen molar-refractivity contribution in [3.05, 3.63) is 101 Å². The number of furan rings is 1. The van der Waals surface area contributed by atoms with Crippen LogP contribution < -0.4 is 15.4 Å². The van der Waals surface area contributed by atoms with Crippen LogP contribution in [0.1, 0.15) is 11.3 Å². The van der Waals surface area contributed by atoms with Crippen LogP contribution in [-0.4, -0.2) is 50.3 Å². The summed E-state index contributed by atoms with van der Waals surface area (Å²) in [6.07, 6.45) is 3.19. The van der Waals surface area contributed by atoms with E-state index >= 15 is 0 Å². The Kier molecular flexibility index (Phi) is 11.4. The Balaban J connectivity index is 0.000000818. The fraction of sp³-hybridized carbons (Fsp3) is 0.172. The van der Waals surface area contributed by atoms with E-state index in [2.05, 4.69) is 20.6 Å². The van der Waals surface area contributed by atoms with E-state index in [1.165, 1.54) is 18.5 Å². The van der Waals surface area contributed by atoms with Crippen molar-refractivity contribution in [2.24, 2.45) is 0 Å². The van der Waals surface area contributed by atoms with Crippen LogP contribution in [-0.2, 0) is 34.4 Å². The number of hydrogen-bond acceptors (Lipinski definition) is 9. The van der Waals surface area contributed by atoms with Gasteiger partial charge in [0.2, 0.25) is 0 Å². The molecule has 0 aliphatic heterocycles. The third-order valence-corrected chi connectivity index (χ3v) is 7.00. The van der Waals surface area contributed by atoms with E-state index in [9.17, 15) is 8.60 Å². The SMILES string of the molecule is CS(=O)CCNCc1ccc(-c2ccc3ncnc(Nc4ccc(OCc5cccc(F)c5)c(Cl)c4)c3c2)o1.O=S(=O)(O)O. The van der Waals surface area contributed by atoms with Crippen LogP contribution in [0.5, 0.6) is 5.75 Å². The lowest BCUT2D eigenvalue weighted by molar-refractivity contribution is 0.306. The first kappa shape index (κ1) is 33.0. The molecule has 15 heteroatoms. The van der Waals surface area contributed by atoms with Crippen LogP contribution in [0, 0.1) is 5.82 Å². The second kappa shape index (κ2) is 15.2. The summed E-state index contributed by atoms with van der Waals surface area (Å²) in [6.45, 7) is 1.42. The van der Waals surface area contributed by atoms with Crippen LogP contribution in [0.4, 0.5) is 15.9 Å². The van der Waals surface area contributed by atoms with E-state index in [1.807, 2.05) is 36.4 Å². The minimum atomic E-state index is -4.67. The van der Waals surface area contributed by atoms with Gasteiger partial charge in [0.25, 0.3) is 0 Å². The molecule has 0 spiro atoms. The molecule has 2 heterocycles. The summed E-state index contributed by atoms with van der Waals surface area (Å²) < 4.78 is 68.0. The fourth-order valence-electron chi connectivity index (χ4n) is 3.99. The van der Waals surface area contributed by atoms with Gasteiger partial charge >= 0.3 is 10.4 Å². The molecule has 0 bridgehead atoms. The van der Waals surface area contributed by atoms with Crippen LogP contribution in [0.3, 0.4) is 0 Å². The standard InChI is InChI=1S/C29H26ClFN4O3S.H2O4S/c1-39(36)12-11-32-16-23-7-10-27(38-23)20-5-8-26-24(14-20)29(34-18-33-26)35-22-6-9-28(25(30)15-22)37-17-19-3-2-4-21(31)13-19;1-5(2,3)4/h2-10,13-15,18,32H,11-12,16-17H2,1H3,(H,33,34,35);(H2,1,2,3,4). The first-order chi connectivity index (χ1) is 20.9. The zero-order valence-electron chi connectivity index (χ0n) is 23.2. The third-order valence-electron chi connectivity index (χ3n) is 5.93. The van der Waals surface area contributed by atoms with Crippen molar-refractivity contribution in [1.82, 2.24) is 15.3 Å². The molecular weight excluding hydrogens is 635 g/mol. The highest BCUT2D eigenvalue weighted by atomic mass is 35.5. The van der Waals surface area contributed by atoms with Gasteiger partial charge in [0, 0.05) is 46.0 Å². The van der Waals surface area contributed by atoms with Gasteiger partial charge in [-0.3, -0.25) is 13.3 Å². The van der Waals surface area contributed by atoms with Crippen molar-refractivity contribution < 1.29 is 35.3 Å². The van der Waals surface area contributed by atoms with E-state index in [-0.39, 0.29) is 12.4 Å². The zero-order chi connectivity index (χ0) is 31.7. The van der Waals surface area contributed by atoms with Gasteiger partial charge in [0.1, 0.15) is 41.8 Å². The Hall–Kier alpha value is -3.92. The molecule has 5 rings (SSSR count). The highest BCUT2D eigenvalue weighted by molar-refractivity contribution is 7.84. The molecule has 0 aliphatic rings. The van der Waals surface area contributed by atoms with Crippen molar-refractivity contribution in [3.8, 4) is 17.1 Å². The summed E-state index contributed by atoms with van der Waals surface area (Å²) in [5, 5.41) is 7.79. The van der Waals surface area contributed by atoms with Crippen LogP contribution in [0.25, 0.3) is 22.2 Å². The van der Waals surface area contributed by atoms with Crippen molar-refractivity contribution in [2.45, 2.75) is 13.2 Å². The predicted molar refractivity (Wildman–Crippen MR) is 168 cm³/mol. The van der Waals surface area contributed by atoms with Gasteiger partial charge in [-0.25, -0.2) is 14.4 Å². The van der Waals surface area contributed by atoms with Gasteiger partial charge in [0.05, 0.1) is 17.1 Å². The number of anilines is 2. The highest BCUT2D eigenvalue weighted by Crippen LogP contribution is 2.32. The number of rotatable bonds is 11. The monoisotopic (exact) mass is 662 g/mol. The summed E-state index contributed by atoms with van der Waals surface area (Å²) in [7, 11) is -5.49. The molecule has 0 amide bonds. The summed E-state index contributed by atoms with van der Waals surface area (Å²) in [5.41, 5.74) is 3.10. The van der Waals surface area contributed by atoms with E-state index in [0.29, 0.717) is 41.0 Å². The summed E-state index contributed by atoms with van der Waals surface area (Å²) in [5.74, 6) is 2.92. The largest absolute Gasteiger partial charge is 0.487 e. The van der Waals surface area contributed by atoms with Gasteiger partial charge < -0.3 is 19.8 Å². The molecular formula is C29H28ClFN4O7S2. The molecule has 1 atom stereocenters. The number of ether oxygens (including phenoxy) is 1. The Labute approximate surface area is 260 Å². The number of aromatic nitrogens is 2. The van der Waals surface area contributed by atoms with Crippen molar-refractivity contribution in [1.29, 1.82) is 0 Å². The maximum Gasteiger partial charge on any atom is 0.394 e. The van der Waals surface area contributed by atoms with Gasteiger partial charge in [-0.15, -0.1) is 0 Å². The topological polar surface area (TPSA) is 164 Å². The van der Waals surface area contributed by atoms with E-state index < -0.39 is 21.2 Å². The van der Waals surface area contributed by atoms with Gasteiger partial charge in [0.15, 0.2) is 0 Å². The first-order valence-electron chi connectivity index (χ1n) is 12.9. The molecule has 0 saturated carbocycles. The number of nitrogens with zero attached hydrogens (tertiary/aromatic N) is 2. The minimum absolute atomic E-state index is 0.202. The van der Waals surface area contributed by atoms with Crippen molar-refractivity contribution in [3.63, 3.8) is 0 Å². The lowest BCUT2D eigenvalue weighted by Crippen LogP contribution is -2.19. The number of benzene rings is 3. The van der Waals surface area contributed by atoms with Crippen molar-refractivity contribution in [2.75, 3.05) is 23.9 Å². The average Bonchev–Trinajstić information content (AvgIpc) is 3.43. The molecule has 3 aromatic carbocycles. The molecule has 0 radical (unpaired) electrons. The molecule has 1 unspecified atom stereocenters. The quantitative estimate of drug-likeness (QED) is 0.0995. The molecule has 2 aromatic heterocycles. The smallest absolute Gasteiger partial charge is 0.394 e. The zero-order valence-corrected chi connectivity index (χ0v) is 25.6. The van der Waals surface area contributed by atoms with Crippen LogP contribution in [0.15, 0.2) is 83.5 Å². The van der Waals surface area contributed by atoms with Gasteiger partial charge in [-0.05, 0) is 66.2 Å². The third kappa shape index (κ3) is 10.4. The molecule has 0 fully saturated rings. The average molecular weight is 663 g/mol. The van der Waals surface area contributed by atoms with E-state index in [1.54, 1.807) is 30.5 Å². The molecule has 0 saturated heterocycles. The lowest BCUT2D eigenvalue weighted by Gasteiger charge is -2.12. The number of fused-ring (bicyclic) bond motifs is 1. The number of hydrogen-bond donors (Lipinski definition) is 4. The molecule has 11 nitrogen and oxygen atoms in total. The lowest BCUT2D eigenvalue weighted by atomic mass is 10.1. The van der Waals surface area contributed by atoms with Crippen LogP contribution >= 0.6 is 11.6 Å². The molecule has 44 heavy (non-hydrogen) atoms. The maximum atomic E-state index is 13.4. The van der Waals surface area contributed by atoms with E-state index in [0.717, 1.165) is 33.7 Å². The van der Waals surface area contributed by atoms with Crippen LogP contribution in [0.2, 0.25) is 5.02 Å². The number of halogens is 2. The minimum Gasteiger partial charge on any atom is -0.487 e. The Morgan fingerprint density at radius 2 is 1.84 bits per heavy atom. The Morgan fingerprint density at radius 1 is 1.05 bits per heavy atom. The molecule has 0 aliphatic carbocycles. The Bertz CT molecular complexity index is 1860. The summed E-state index contributed by atoms with van der Waals surface area (Å²) >= 11 is 6.48. The second-order valence-electron chi connectivity index (χ2n) is 9.31. The maximum absolute atomic E-state index is 13.4. The molecule has 232 valence electrons. The fourth-order valence-corrected chi connectivity index (χ4v) is 4.65. The molecule has 5 aromatic rings. The Morgan fingerprint density at radius 3 is 2.57 bits per heavy atom. The normalized spacial score (nSPS) is 11.9. The first-order valence-corrected chi connectivity index (χ1v) is 16.4.